The maximum absolute atomic E-state index is 5.55. The van der Waals surface area contributed by atoms with Gasteiger partial charge in [0.2, 0.25) is 0 Å². The van der Waals surface area contributed by atoms with E-state index in [1.54, 1.807) is 0 Å². The number of likely N-dealkylation sites (N-methyl/N-ethyl adjacent to an activating group) is 1. The fourth-order valence-electron chi connectivity index (χ4n) is 2.77. The van der Waals surface area contributed by atoms with Gasteiger partial charge in [-0.2, -0.15) is 0 Å². The van der Waals surface area contributed by atoms with E-state index in [1.165, 1.54) is 16.7 Å². The normalized spacial score (nSPS) is 17.8. The molecule has 1 aromatic rings. The van der Waals surface area contributed by atoms with E-state index in [0.29, 0.717) is 6.04 Å². The van der Waals surface area contributed by atoms with Crippen LogP contribution in [-0.4, -0.2) is 32.1 Å². The Morgan fingerprint density at radius 2 is 1.79 bits per heavy atom. The van der Waals surface area contributed by atoms with E-state index in [-0.39, 0.29) is 6.29 Å². The van der Waals surface area contributed by atoms with E-state index in [9.17, 15) is 0 Å². The third-order valence-corrected chi connectivity index (χ3v) is 3.42. The van der Waals surface area contributed by atoms with Crippen LogP contribution in [-0.2, 0) is 15.9 Å². The minimum Gasteiger partial charge on any atom is -0.350 e. The lowest BCUT2D eigenvalue weighted by Crippen LogP contribution is -2.34. The first kappa shape index (κ1) is 14.5. The molecule has 3 nitrogen and oxygen atoms in total. The van der Waals surface area contributed by atoms with Gasteiger partial charge in [0.15, 0.2) is 6.29 Å². The quantitative estimate of drug-likeness (QED) is 0.855. The smallest absolute Gasteiger partial charge is 0.159 e. The van der Waals surface area contributed by atoms with Crippen molar-refractivity contribution in [3.63, 3.8) is 0 Å². The Morgan fingerprint density at radius 3 is 2.37 bits per heavy atom. The monoisotopic (exact) mass is 263 g/mol. The highest BCUT2D eigenvalue weighted by Crippen LogP contribution is 2.16. The molecular weight excluding hydrogens is 238 g/mol. The molecule has 0 spiro atoms. The molecule has 0 radical (unpaired) electrons. The zero-order chi connectivity index (χ0) is 13.7. The minimum absolute atomic E-state index is 0.0324. The van der Waals surface area contributed by atoms with Gasteiger partial charge >= 0.3 is 0 Å². The molecule has 1 saturated heterocycles. The van der Waals surface area contributed by atoms with Gasteiger partial charge in [-0.05, 0) is 32.4 Å². The molecule has 1 unspecified atom stereocenters. The molecule has 2 rings (SSSR count). The lowest BCUT2D eigenvalue weighted by atomic mass is 9.99. The van der Waals surface area contributed by atoms with Crippen LogP contribution in [0.1, 0.15) is 30.0 Å². The van der Waals surface area contributed by atoms with Crippen molar-refractivity contribution < 1.29 is 9.47 Å². The molecule has 106 valence electrons. The van der Waals surface area contributed by atoms with Crippen molar-refractivity contribution in [2.24, 2.45) is 0 Å². The van der Waals surface area contributed by atoms with E-state index < -0.39 is 0 Å². The number of hydrogen-bond acceptors (Lipinski definition) is 3. The van der Waals surface area contributed by atoms with Crippen molar-refractivity contribution in [2.45, 2.75) is 45.9 Å². The Kier molecular flexibility index (Phi) is 5.37. The topological polar surface area (TPSA) is 30.5 Å². The van der Waals surface area contributed by atoms with Gasteiger partial charge in [-0.25, -0.2) is 0 Å². The van der Waals surface area contributed by atoms with Crippen molar-refractivity contribution in [1.29, 1.82) is 0 Å². The van der Waals surface area contributed by atoms with Crippen molar-refractivity contribution >= 4 is 0 Å². The van der Waals surface area contributed by atoms with Gasteiger partial charge < -0.3 is 14.8 Å². The number of ether oxygens (including phenoxy) is 2. The summed E-state index contributed by atoms with van der Waals surface area (Å²) in [7, 11) is 0. The van der Waals surface area contributed by atoms with Crippen molar-refractivity contribution in [1.82, 2.24) is 5.32 Å². The summed E-state index contributed by atoms with van der Waals surface area (Å²) in [6, 6.07) is 7.17. The summed E-state index contributed by atoms with van der Waals surface area (Å²) in [6.07, 6.45) is 1.91. The molecule has 0 aromatic heterocycles. The van der Waals surface area contributed by atoms with Crippen LogP contribution >= 0.6 is 0 Å². The van der Waals surface area contributed by atoms with E-state index in [4.69, 9.17) is 9.47 Å². The lowest BCUT2D eigenvalue weighted by molar-refractivity contribution is -0.0525. The molecule has 1 atom stereocenters. The van der Waals surface area contributed by atoms with Crippen LogP contribution < -0.4 is 5.32 Å². The van der Waals surface area contributed by atoms with Gasteiger partial charge in [0.1, 0.15) is 0 Å². The van der Waals surface area contributed by atoms with Crippen LogP contribution in [0.25, 0.3) is 0 Å². The van der Waals surface area contributed by atoms with Crippen molar-refractivity contribution in [2.75, 3.05) is 19.8 Å². The fraction of sp³-hybridized carbons (Fsp3) is 0.625. The van der Waals surface area contributed by atoms with Gasteiger partial charge in [-0.1, -0.05) is 36.2 Å². The van der Waals surface area contributed by atoms with Crippen LogP contribution in [0.3, 0.4) is 0 Å². The largest absolute Gasteiger partial charge is 0.350 e. The molecule has 1 N–H and O–H groups in total. The number of benzene rings is 1. The molecule has 19 heavy (non-hydrogen) atoms. The van der Waals surface area contributed by atoms with Crippen LogP contribution in [0.15, 0.2) is 18.2 Å². The Balaban J connectivity index is 1.98. The summed E-state index contributed by atoms with van der Waals surface area (Å²) in [4.78, 5) is 0. The fourth-order valence-corrected chi connectivity index (χ4v) is 2.77. The average molecular weight is 263 g/mol. The molecule has 1 fully saturated rings. The Labute approximate surface area is 116 Å². The Bertz CT molecular complexity index is 379. The van der Waals surface area contributed by atoms with E-state index >= 15 is 0 Å². The predicted molar refractivity (Wildman–Crippen MR) is 77.4 cm³/mol. The molecular formula is C16H25NO2. The third-order valence-electron chi connectivity index (χ3n) is 3.42. The predicted octanol–water partition coefficient (Wildman–Crippen LogP) is 2.59. The minimum atomic E-state index is -0.0324. The second-order valence-electron chi connectivity index (χ2n) is 5.36. The van der Waals surface area contributed by atoms with Crippen LogP contribution in [0, 0.1) is 13.8 Å². The van der Waals surface area contributed by atoms with Gasteiger partial charge in [0.25, 0.3) is 0 Å². The first-order valence-corrected chi connectivity index (χ1v) is 7.21. The first-order chi connectivity index (χ1) is 9.17. The summed E-state index contributed by atoms with van der Waals surface area (Å²) in [5.41, 5.74) is 4.05. The highest BCUT2D eigenvalue weighted by atomic mass is 16.7. The maximum Gasteiger partial charge on any atom is 0.159 e. The number of rotatable bonds is 6. The zero-order valence-corrected chi connectivity index (χ0v) is 12.2. The zero-order valence-electron chi connectivity index (χ0n) is 12.2. The summed E-state index contributed by atoms with van der Waals surface area (Å²) < 4.78 is 11.1. The number of nitrogens with one attached hydrogen (secondary N) is 1. The molecule has 0 saturated carbocycles. The standard InChI is InChI=1S/C16H25NO2/c1-4-17-15(11-16-18-5-6-19-16)10-14-8-12(2)7-13(3)9-14/h7-9,15-17H,4-6,10-11H2,1-3H3. The molecule has 1 aliphatic rings. The van der Waals surface area contributed by atoms with Crippen molar-refractivity contribution in [3.8, 4) is 0 Å². The van der Waals surface area contributed by atoms with E-state index in [1.807, 2.05) is 0 Å². The second-order valence-corrected chi connectivity index (χ2v) is 5.36. The third kappa shape index (κ3) is 4.60. The van der Waals surface area contributed by atoms with E-state index in [0.717, 1.165) is 32.6 Å². The van der Waals surface area contributed by atoms with Crippen LogP contribution in [0.2, 0.25) is 0 Å². The molecule has 1 heterocycles. The highest BCUT2D eigenvalue weighted by Gasteiger charge is 2.21. The van der Waals surface area contributed by atoms with Gasteiger partial charge in [0, 0.05) is 12.5 Å². The lowest BCUT2D eigenvalue weighted by Gasteiger charge is -2.21. The number of hydrogen-bond donors (Lipinski definition) is 1. The second kappa shape index (κ2) is 7.04. The SMILES string of the molecule is CCNC(Cc1cc(C)cc(C)c1)CC1OCCO1. The van der Waals surface area contributed by atoms with Gasteiger partial charge in [-0.15, -0.1) is 0 Å². The molecule has 0 bridgehead atoms. The van der Waals surface area contributed by atoms with Crippen molar-refractivity contribution in [3.05, 3.63) is 34.9 Å². The highest BCUT2D eigenvalue weighted by molar-refractivity contribution is 5.29. The molecule has 1 aromatic carbocycles. The molecule has 0 amide bonds. The Hall–Kier alpha value is -0.900. The molecule has 3 heteroatoms. The first-order valence-electron chi connectivity index (χ1n) is 7.21. The number of aryl methyl sites for hydroxylation is 2. The summed E-state index contributed by atoms with van der Waals surface area (Å²) in [5, 5.41) is 3.54. The Morgan fingerprint density at radius 1 is 1.16 bits per heavy atom. The average Bonchev–Trinajstić information content (AvgIpc) is 2.80. The van der Waals surface area contributed by atoms with Gasteiger partial charge in [-0.3, -0.25) is 0 Å². The van der Waals surface area contributed by atoms with Crippen LogP contribution in [0.4, 0.5) is 0 Å². The molecule has 1 aliphatic heterocycles. The van der Waals surface area contributed by atoms with E-state index in [2.05, 4.69) is 44.3 Å². The van der Waals surface area contributed by atoms with Gasteiger partial charge in [0.05, 0.1) is 13.2 Å². The summed E-state index contributed by atoms with van der Waals surface area (Å²) in [5.74, 6) is 0. The van der Waals surface area contributed by atoms with Crippen LogP contribution in [0.5, 0.6) is 0 Å². The molecule has 0 aliphatic carbocycles. The summed E-state index contributed by atoms with van der Waals surface area (Å²) >= 11 is 0. The maximum atomic E-state index is 5.55. The summed E-state index contributed by atoms with van der Waals surface area (Å²) in [6.45, 7) is 8.89.